The van der Waals surface area contributed by atoms with Crippen LogP contribution in [-0.4, -0.2) is 63.3 Å². The summed E-state index contributed by atoms with van der Waals surface area (Å²) in [5, 5.41) is 40.4. The van der Waals surface area contributed by atoms with Crippen molar-refractivity contribution in [2.75, 3.05) is 6.61 Å². The molecule has 0 unspecified atom stereocenters. The Bertz CT molecular complexity index is 992. The lowest BCUT2D eigenvalue weighted by Crippen LogP contribution is -2.60. The molecule has 2 aliphatic heterocycles. The summed E-state index contributed by atoms with van der Waals surface area (Å²) in [5.41, 5.74) is 3.71. The van der Waals surface area contributed by atoms with E-state index in [1.54, 1.807) is 0 Å². The fourth-order valence-electron chi connectivity index (χ4n) is 6.72. The summed E-state index contributed by atoms with van der Waals surface area (Å²) in [5.74, 6) is 3.91. The van der Waals surface area contributed by atoms with Crippen LogP contribution in [0.1, 0.15) is 121 Å². The number of rotatable bonds is 15. The first-order chi connectivity index (χ1) is 19.8. The van der Waals surface area contributed by atoms with Crippen LogP contribution >= 0.6 is 0 Å². The van der Waals surface area contributed by atoms with Gasteiger partial charge in [-0.1, -0.05) is 72.6 Å². The molecular formula is C35H60O7. The van der Waals surface area contributed by atoms with Crippen molar-refractivity contribution in [3.8, 4) is 11.5 Å². The molecule has 1 saturated heterocycles. The summed E-state index contributed by atoms with van der Waals surface area (Å²) < 4.78 is 18.5. The first kappa shape index (κ1) is 35.1. The molecule has 0 saturated carbocycles. The summed E-state index contributed by atoms with van der Waals surface area (Å²) in [6.07, 6.45) is 6.72. The Balaban J connectivity index is 1.55. The molecule has 7 nitrogen and oxygen atoms in total. The Morgan fingerprint density at radius 2 is 1.40 bits per heavy atom. The molecule has 0 aromatic heterocycles. The molecule has 1 fully saturated rings. The average Bonchev–Trinajstić information content (AvgIpc) is 2.93. The van der Waals surface area contributed by atoms with E-state index in [0.717, 1.165) is 71.4 Å². The van der Waals surface area contributed by atoms with Gasteiger partial charge in [0.15, 0.2) is 0 Å². The molecule has 8 atom stereocenters. The zero-order chi connectivity index (χ0) is 31.2. The number of benzene rings is 1. The predicted molar refractivity (Wildman–Crippen MR) is 167 cm³/mol. The van der Waals surface area contributed by atoms with E-state index in [2.05, 4.69) is 34.6 Å². The number of hydrogen-bond acceptors (Lipinski definition) is 7. The summed E-state index contributed by atoms with van der Waals surface area (Å²) in [6, 6.07) is 0. The molecule has 2 heterocycles. The minimum atomic E-state index is -1.48. The predicted octanol–water partition coefficient (Wildman–Crippen LogP) is 6.31. The maximum absolute atomic E-state index is 10.5. The van der Waals surface area contributed by atoms with Crippen LogP contribution in [0.2, 0.25) is 0 Å². The van der Waals surface area contributed by atoms with Gasteiger partial charge in [-0.3, -0.25) is 0 Å². The van der Waals surface area contributed by atoms with Gasteiger partial charge < -0.3 is 34.6 Å². The molecule has 42 heavy (non-hydrogen) atoms. The smallest absolute Gasteiger partial charge is 0.229 e. The molecule has 0 amide bonds. The molecule has 2 aliphatic rings. The molecule has 0 aliphatic carbocycles. The highest BCUT2D eigenvalue weighted by Crippen LogP contribution is 2.45. The molecule has 0 radical (unpaired) electrons. The first-order valence-electron chi connectivity index (χ1n) is 16.6. The standard InChI is InChI=1S/C35H60O7/c1-21(2)12-9-13-22(3)14-10-15-23(4)16-11-18-35(8)19-17-27-26(7)32(24(5)25(6)33(27)42-35)41-34-31(39)30(38)29(37)28(20-36)40-34/h21-23,28-31,34,36-39H,9-20H2,1-8H3/t22-,23-,28-,29+,30+,31-,34+,35-/m1/s1. The Labute approximate surface area is 255 Å². The lowest BCUT2D eigenvalue weighted by molar-refractivity contribution is -0.277. The Hall–Kier alpha value is -1.38. The maximum Gasteiger partial charge on any atom is 0.229 e. The number of hydrogen-bond donors (Lipinski definition) is 4. The molecule has 1 aromatic carbocycles. The molecule has 0 spiro atoms. The lowest BCUT2D eigenvalue weighted by atomic mass is 9.83. The fourth-order valence-corrected chi connectivity index (χ4v) is 6.72. The van der Waals surface area contributed by atoms with Crippen LogP contribution in [0, 0.1) is 38.5 Å². The molecule has 0 bridgehead atoms. The van der Waals surface area contributed by atoms with Crippen LogP contribution in [0.15, 0.2) is 0 Å². The van der Waals surface area contributed by atoms with Crippen molar-refractivity contribution in [2.45, 2.75) is 162 Å². The number of aliphatic hydroxyl groups is 4. The van der Waals surface area contributed by atoms with Crippen LogP contribution < -0.4 is 9.47 Å². The molecule has 7 heteroatoms. The van der Waals surface area contributed by atoms with E-state index in [4.69, 9.17) is 14.2 Å². The van der Waals surface area contributed by atoms with Crippen molar-refractivity contribution in [3.63, 3.8) is 0 Å². The second-order valence-corrected chi connectivity index (χ2v) is 14.2. The van der Waals surface area contributed by atoms with Gasteiger partial charge in [0.05, 0.1) is 6.61 Å². The van der Waals surface area contributed by atoms with Crippen LogP contribution in [0.5, 0.6) is 11.5 Å². The molecule has 242 valence electrons. The van der Waals surface area contributed by atoms with Crippen molar-refractivity contribution < 1.29 is 34.6 Å². The summed E-state index contributed by atoms with van der Waals surface area (Å²) in [6.45, 7) is 17.2. The second-order valence-electron chi connectivity index (χ2n) is 14.2. The first-order valence-corrected chi connectivity index (χ1v) is 16.6. The van der Waals surface area contributed by atoms with E-state index < -0.39 is 37.3 Å². The third-order valence-electron chi connectivity index (χ3n) is 9.92. The van der Waals surface area contributed by atoms with Gasteiger partial charge >= 0.3 is 0 Å². The molecule has 1 aromatic rings. The van der Waals surface area contributed by atoms with Crippen LogP contribution in [-0.2, 0) is 11.2 Å². The summed E-state index contributed by atoms with van der Waals surface area (Å²) in [7, 11) is 0. The number of ether oxygens (including phenoxy) is 3. The van der Waals surface area contributed by atoms with Crippen molar-refractivity contribution in [1.82, 2.24) is 0 Å². The van der Waals surface area contributed by atoms with Gasteiger partial charge in [0.1, 0.15) is 41.5 Å². The van der Waals surface area contributed by atoms with E-state index in [-0.39, 0.29) is 5.60 Å². The second kappa shape index (κ2) is 15.6. The third-order valence-corrected chi connectivity index (χ3v) is 9.92. The maximum atomic E-state index is 10.5. The minimum absolute atomic E-state index is 0.207. The van der Waals surface area contributed by atoms with E-state index in [1.165, 1.54) is 44.9 Å². The zero-order valence-electron chi connectivity index (χ0n) is 27.6. The topological polar surface area (TPSA) is 109 Å². The van der Waals surface area contributed by atoms with Crippen molar-refractivity contribution >= 4 is 0 Å². The quantitative estimate of drug-likeness (QED) is 0.189. The molecule has 3 rings (SSSR count). The van der Waals surface area contributed by atoms with Gasteiger partial charge in [-0.25, -0.2) is 0 Å². The van der Waals surface area contributed by atoms with E-state index in [0.29, 0.717) is 5.75 Å². The highest BCUT2D eigenvalue weighted by atomic mass is 16.7. The van der Waals surface area contributed by atoms with Gasteiger partial charge in [0.25, 0.3) is 0 Å². The van der Waals surface area contributed by atoms with Gasteiger partial charge in [0, 0.05) is 5.56 Å². The zero-order valence-corrected chi connectivity index (χ0v) is 27.6. The van der Waals surface area contributed by atoms with E-state index in [1.807, 2.05) is 20.8 Å². The van der Waals surface area contributed by atoms with Crippen molar-refractivity contribution in [1.29, 1.82) is 0 Å². The van der Waals surface area contributed by atoms with Gasteiger partial charge in [-0.05, 0) is 87.8 Å². The SMILES string of the molecule is Cc1c(C)c2c(c(C)c1O[C@@H]1O[C@H](CO)[C@H](O)[C@H](O)[C@H]1O)CC[C@@](C)(CCC[C@H](C)CCC[C@H](C)CCCC(C)C)O2. The van der Waals surface area contributed by atoms with Gasteiger partial charge in [0.2, 0.25) is 6.29 Å². The average molecular weight is 593 g/mol. The third kappa shape index (κ3) is 8.84. The van der Waals surface area contributed by atoms with Crippen molar-refractivity contribution in [3.05, 3.63) is 22.3 Å². The largest absolute Gasteiger partial charge is 0.487 e. The Morgan fingerprint density at radius 1 is 0.810 bits per heavy atom. The fraction of sp³-hybridized carbons (Fsp3) is 0.829. The Morgan fingerprint density at radius 3 is 2.00 bits per heavy atom. The van der Waals surface area contributed by atoms with E-state index >= 15 is 0 Å². The highest BCUT2D eigenvalue weighted by Gasteiger charge is 2.45. The number of fused-ring (bicyclic) bond motifs is 1. The Kier molecular flexibility index (Phi) is 13.0. The van der Waals surface area contributed by atoms with Crippen LogP contribution in [0.3, 0.4) is 0 Å². The minimum Gasteiger partial charge on any atom is -0.487 e. The van der Waals surface area contributed by atoms with Crippen LogP contribution in [0.4, 0.5) is 0 Å². The van der Waals surface area contributed by atoms with Gasteiger partial charge in [-0.15, -0.1) is 0 Å². The monoisotopic (exact) mass is 592 g/mol. The molecule has 4 N–H and O–H groups in total. The molecular weight excluding hydrogens is 532 g/mol. The van der Waals surface area contributed by atoms with Crippen molar-refractivity contribution in [2.24, 2.45) is 17.8 Å². The summed E-state index contributed by atoms with van der Waals surface area (Å²) in [4.78, 5) is 0. The number of aliphatic hydroxyl groups excluding tert-OH is 4. The summed E-state index contributed by atoms with van der Waals surface area (Å²) >= 11 is 0. The van der Waals surface area contributed by atoms with Crippen LogP contribution in [0.25, 0.3) is 0 Å². The lowest BCUT2D eigenvalue weighted by Gasteiger charge is -2.41. The normalized spacial score (nSPS) is 29.2. The highest BCUT2D eigenvalue weighted by molar-refractivity contribution is 5.59. The van der Waals surface area contributed by atoms with E-state index in [9.17, 15) is 20.4 Å². The van der Waals surface area contributed by atoms with Gasteiger partial charge in [-0.2, -0.15) is 0 Å².